The number of H-pyrrole nitrogens is 1. The number of rotatable bonds is 3. The van der Waals surface area contributed by atoms with Gasteiger partial charge in [-0.3, -0.25) is 4.79 Å². The Balaban J connectivity index is 1.68. The average molecular weight is 316 g/mol. The molecule has 124 valence electrons. The van der Waals surface area contributed by atoms with E-state index < -0.39 is 0 Å². The van der Waals surface area contributed by atoms with Crippen molar-refractivity contribution in [1.29, 1.82) is 0 Å². The molecule has 1 N–H and O–H groups in total. The Morgan fingerprint density at radius 3 is 2.96 bits per heavy atom. The molecule has 1 saturated heterocycles. The van der Waals surface area contributed by atoms with Crippen molar-refractivity contribution in [2.45, 2.75) is 64.0 Å². The van der Waals surface area contributed by atoms with Crippen LogP contribution in [-0.4, -0.2) is 32.5 Å². The van der Waals surface area contributed by atoms with Gasteiger partial charge in [-0.05, 0) is 25.7 Å². The van der Waals surface area contributed by atoms with Crippen LogP contribution in [0.1, 0.15) is 57.3 Å². The van der Waals surface area contributed by atoms with Crippen LogP contribution in [-0.2, 0) is 11.2 Å². The summed E-state index contributed by atoms with van der Waals surface area (Å²) in [6.07, 6.45) is 9.70. The van der Waals surface area contributed by atoms with E-state index in [1.165, 1.54) is 25.7 Å². The molecule has 0 radical (unpaired) electrons. The zero-order chi connectivity index (χ0) is 15.8. The lowest BCUT2D eigenvalue weighted by molar-refractivity contribution is 0.00431. The van der Waals surface area contributed by atoms with Gasteiger partial charge in [-0.2, -0.15) is 5.10 Å². The molecular formula is C17H24N4O2. The highest BCUT2D eigenvalue weighted by Crippen LogP contribution is 2.28. The molecule has 0 spiro atoms. The van der Waals surface area contributed by atoms with E-state index in [0.29, 0.717) is 11.3 Å². The maximum atomic E-state index is 12.4. The van der Waals surface area contributed by atoms with Crippen LogP contribution in [0.15, 0.2) is 11.0 Å². The van der Waals surface area contributed by atoms with Crippen LogP contribution < -0.4 is 5.56 Å². The van der Waals surface area contributed by atoms with Gasteiger partial charge in [0.15, 0.2) is 5.65 Å². The van der Waals surface area contributed by atoms with E-state index >= 15 is 0 Å². The van der Waals surface area contributed by atoms with Gasteiger partial charge in [0.25, 0.3) is 5.56 Å². The van der Waals surface area contributed by atoms with Crippen LogP contribution in [0, 0.1) is 5.92 Å². The van der Waals surface area contributed by atoms with Gasteiger partial charge >= 0.3 is 0 Å². The van der Waals surface area contributed by atoms with Gasteiger partial charge in [0.05, 0.1) is 18.3 Å². The van der Waals surface area contributed by atoms with E-state index in [2.05, 4.69) is 17.0 Å². The Kier molecular flexibility index (Phi) is 3.93. The highest BCUT2D eigenvalue weighted by Gasteiger charge is 2.24. The summed E-state index contributed by atoms with van der Waals surface area (Å²) in [6.45, 7) is 2.83. The molecule has 2 atom stereocenters. The molecule has 6 nitrogen and oxygen atoms in total. The van der Waals surface area contributed by atoms with Crippen LogP contribution >= 0.6 is 0 Å². The Morgan fingerprint density at radius 2 is 2.17 bits per heavy atom. The quantitative estimate of drug-likeness (QED) is 0.944. The summed E-state index contributed by atoms with van der Waals surface area (Å²) in [5.41, 5.74) is 0.676. The molecule has 2 fully saturated rings. The van der Waals surface area contributed by atoms with E-state index in [9.17, 15) is 4.79 Å². The number of nitrogens with zero attached hydrogens (tertiary/aromatic N) is 3. The Morgan fingerprint density at radius 1 is 1.35 bits per heavy atom. The predicted octanol–water partition coefficient (Wildman–Crippen LogP) is 2.59. The third-order valence-corrected chi connectivity index (χ3v) is 5.27. The van der Waals surface area contributed by atoms with Crippen molar-refractivity contribution < 1.29 is 4.74 Å². The molecule has 2 aliphatic rings. The molecule has 6 heteroatoms. The summed E-state index contributed by atoms with van der Waals surface area (Å²) in [7, 11) is 0. The van der Waals surface area contributed by atoms with Gasteiger partial charge in [0, 0.05) is 13.0 Å². The molecule has 0 amide bonds. The highest BCUT2D eigenvalue weighted by molar-refractivity contribution is 5.73. The van der Waals surface area contributed by atoms with Gasteiger partial charge in [0.2, 0.25) is 0 Å². The first-order valence-corrected chi connectivity index (χ1v) is 8.78. The second-order valence-electron chi connectivity index (χ2n) is 7.05. The van der Waals surface area contributed by atoms with E-state index in [-0.39, 0.29) is 17.7 Å². The van der Waals surface area contributed by atoms with E-state index in [1.807, 2.05) is 4.68 Å². The van der Waals surface area contributed by atoms with Crippen LogP contribution in [0.25, 0.3) is 11.0 Å². The van der Waals surface area contributed by atoms with E-state index in [1.54, 1.807) is 6.20 Å². The maximum absolute atomic E-state index is 12.4. The second kappa shape index (κ2) is 6.07. The predicted molar refractivity (Wildman–Crippen MR) is 87.5 cm³/mol. The molecule has 23 heavy (non-hydrogen) atoms. The molecule has 4 rings (SSSR count). The summed E-state index contributed by atoms with van der Waals surface area (Å²) >= 11 is 0. The van der Waals surface area contributed by atoms with Gasteiger partial charge < -0.3 is 9.72 Å². The molecule has 1 aliphatic heterocycles. The minimum absolute atomic E-state index is 0.0608. The van der Waals surface area contributed by atoms with Crippen molar-refractivity contribution in [3.8, 4) is 0 Å². The topological polar surface area (TPSA) is 72.8 Å². The van der Waals surface area contributed by atoms with Crippen molar-refractivity contribution in [3.63, 3.8) is 0 Å². The molecule has 2 aromatic heterocycles. The summed E-state index contributed by atoms with van der Waals surface area (Å²) in [5.74, 6) is 1.48. The number of hydrogen-bond acceptors (Lipinski definition) is 4. The SMILES string of the molecule is CC1CC(n2ncc3c(=O)[nH]c(CC4CCCC4)nc32)CCO1. The maximum Gasteiger partial charge on any atom is 0.262 e. The van der Waals surface area contributed by atoms with Crippen molar-refractivity contribution in [2.75, 3.05) is 6.61 Å². The molecule has 0 bridgehead atoms. The Hall–Kier alpha value is -1.69. The normalized spacial score (nSPS) is 26.1. The highest BCUT2D eigenvalue weighted by atomic mass is 16.5. The molecular weight excluding hydrogens is 292 g/mol. The van der Waals surface area contributed by atoms with Gasteiger partial charge in [-0.1, -0.05) is 25.7 Å². The van der Waals surface area contributed by atoms with Gasteiger partial charge in [-0.25, -0.2) is 9.67 Å². The van der Waals surface area contributed by atoms with Crippen molar-refractivity contribution >= 4 is 11.0 Å². The summed E-state index contributed by atoms with van der Waals surface area (Å²) < 4.78 is 7.57. The number of aromatic nitrogens is 4. The van der Waals surface area contributed by atoms with Crippen molar-refractivity contribution in [1.82, 2.24) is 19.7 Å². The summed E-state index contributed by atoms with van der Waals surface area (Å²) in [5, 5.41) is 5.06. The van der Waals surface area contributed by atoms with E-state index in [4.69, 9.17) is 9.72 Å². The molecule has 3 heterocycles. The summed E-state index contributed by atoms with van der Waals surface area (Å²) in [4.78, 5) is 20.1. The monoisotopic (exact) mass is 316 g/mol. The van der Waals surface area contributed by atoms with Gasteiger partial charge in [-0.15, -0.1) is 0 Å². The van der Waals surface area contributed by atoms with Crippen LogP contribution in [0.5, 0.6) is 0 Å². The zero-order valence-corrected chi connectivity index (χ0v) is 13.6. The fourth-order valence-electron chi connectivity index (χ4n) is 4.03. The number of aromatic amines is 1. The number of hydrogen-bond donors (Lipinski definition) is 1. The molecule has 2 unspecified atom stereocenters. The van der Waals surface area contributed by atoms with Gasteiger partial charge in [0.1, 0.15) is 11.2 Å². The Labute approximate surface area is 135 Å². The first-order valence-electron chi connectivity index (χ1n) is 8.78. The van der Waals surface area contributed by atoms with Crippen LogP contribution in [0.2, 0.25) is 0 Å². The first kappa shape index (κ1) is 14.9. The standard InChI is InChI=1S/C17H24N4O2/c1-11-8-13(6-7-23-11)21-16-14(10-18-21)17(22)20-15(19-16)9-12-4-2-3-5-12/h10-13H,2-9H2,1H3,(H,19,20,22). The fourth-order valence-corrected chi connectivity index (χ4v) is 4.03. The minimum Gasteiger partial charge on any atom is -0.378 e. The zero-order valence-electron chi connectivity index (χ0n) is 13.6. The Bertz CT molecular complexity index is 745. The molecule has 1 aliphatic carbocycles. The molecule has 1 saturated carbocycles. The minimum atomic E-state index is -0.0608. The first-order chi connectivity index (χ1) is 11.2. The number of ether oxygens (including phenoxy) is 1. The third-order valence-electron chi connectivity index (χ3n) is 5.27. The number of nitrogens with one attached hydrogen (secondary N) is 1. The lowest BCUT2D eigenvalue weighted by Gasteiger charge is -2.27. The van der Waals surface area contributed by atoms with Crippen molar-refractivity contribution in [3.05, 3.63) is 22.4 Å². The average Bonchev–Trinajstić information content (AvgIpc) is 3.17. The third kappa shape index (κ3) is 2.92. The van der Waals surface area contributed by atoms with E-state index in [0.717, 1.165) is 37.3 Å². The lowest BCUT2D eigenvalue weighted by Crippen LogP contribution is -2.26. The second-order valence-corrected chi connectivity index (χ2v) is 7.05. The molecule has 2 aromatic rings. The smallest absolute Gasteiger partial charge is 0.262 e. The molecule has 0 aromatic carbocycles. The lowest BCUT2D eigenvalue weighted by atomic mass is 10.0. The van der Waals surface area contributed by atoms with Crippen LogP contribution in [0.4, 0.5) is 0 Å². The summed E-state index contributed by atoms with van der Waals surface area (Å²) in [6, 6.07) is 0.268. The van der Waals surface area contributed by atoms with Crippen molar-refractivity contribution in [2.24, 2.45) is 5.92 Å². The fraction of sp³-hybridized carbons (Fsp3) is 0.706. The van der Waals surface area contributed by atoms with Crippen LogP contribution in [0.3, 0.4) is 0 Å². The largest absolute Gasteiger partial charge is 0.378 e. The number of fused-ring (bicyclic) bond motifs is 1.